The van der Waals surface area contributed by atoms with E-state index in [2.05, 4.69) is 19.1 Å². The normalized spacial score (nSPS) is 20.2. The van der Waals surface area contributed by atoms with Crippen LogP contribution in [-0.2, 0) is 62.3 Å². The molecule has 0 saturated carbocycles. The molecule has 0 unspecified atom stereocenters. The minimum Gasteiger partial charge on any atom is -0.374 e. The number of aliphatic hydroxyl groups is 1. The van der Waals surface area contributed by atoms with Crippen molar-refractivity contribution in [2.24, 2.45) is 0 Å². The van der Waals surface area contributed by atoms with Gasteiger partial charge in [-0.05, 0) is 76.2 Å². The molecule has 6 nitrogen and oxygen atoms in total. The van der Waals surface area contributed by atoms with Gasteiger partial charge in [-0.25, -0.2) is 4.39 Å². The second-order valence-corrected chi connectivity index (χ2v) is 16.4. The molecular weight excluding hydrogens is 772 g/mol. The summed E-state index contributed by atoms with van der Waals surface area (Å²) < 4.78 is 47.6. The molecule has 6 aromatic carbocycles. The van der Waals surface area contributed by atoms with Crippen LogP contribution in [0.2, 0.25) is 0 Å². The summed E-state index contributed by atoms with van der Waals surface area (Å²) >= 11 is 1.66. The van der Waals surface area contributed by atoms with Crippen LogP contribution < -0.4 is 0 Å². The molecule has 0 amide bonds. The van der Waals surface area contributed by atoms with Crippen molar-refractivity contribution < 1.29 is 33.2 Å². The molecule has 0 aliphatic carbocycles. The van der Waals surface area contributed by atoms with E-state index in [1.54, 1.807) is 23.5 Å². The molecule has 1 aromatic heterocycles. The minimum atomic E-state index is -1.99. The van der Waals surface area contributed by atoms with Crippen molar-refractivity contribution in [1.82, 2.24) is 0 Å². The Morgan fingerprint density at radius 1 is 0.600 bits per heavy atom. The lowest BCUT2D eigenvalue weighted by Gasteiger charge is -2.50. The lowest BCUT2D eigenvalue weighted by molar-refractivity contribution is -0.378. The highest BCUT2D eigenvalue weighted by atomic mass is 32.1. The molecule has 7 aromatic rings. The van der Waals surface area contributed by atoms with Crippen molar-refractivity contribution in [3.63, 3.8) is 0 Å². The molecule has 1 fully saturated rings. The zero-order chi connectivity index (χ0) is 41.2. The second-order valence-electron chi connectivity index (χ2n) is 15.2. The van der Waals surface area contributed by atoms with Crippen LogP contribution in [-0.4, -0.2) is 36.1 Å². The van der Waals surface area contributed by atoms with Crippen molar-refractivity contribution in [3.05, 3.63) is 226 Å². The fourth-order valence-corrected chi connectivity index (χ4v) is 8.64. The predicted octanol–water partition coefficient (Wildman–Crippen LogP) is 11.0. The van der Waals surface area contributed by atoms with Gasteiger partial charge < -0.3 is 28.8 Å². The summed E-state index contributed by atoms with van der Waals surface area (Å²) in [6.07, 6.45) is -2.68. The predicted molar refractivity (Wildman–Crippen MR) is 234 cm³/mol. The summed E-state index contributed by atoms with van der Waals surface area (Å²) in [4.78, 5) is 2.19. The average Bonchev–Trinajstić information content (AvgIpc) is 3.76. The fraction of sp³-hybridized carbons (Fsp3) is 0.231. The molecule has 5 atom stereocenters. The minimum absolute atomic E-state index is 0.118. The summed E-state index contributed by atoms with van der Waals surface area (Å²) in [7, 11) is 0. The van der Waals surface area contributed by atoms with Gasteiger partial charge in [0.1, 0.15) is 30.2 Å². The van der Waals surface area contributed by atoms with E-state index in [-0.39, 0.29) is 32.2 Å². The molecule has 0 bridgehead atoms. The van der Waals surface area contributed by atoms with Gasteiger partial charge in [-0.2, -0.15) is 0 Å². The monoisotopic (exact) mass is 820 g/mol. The van der Waals surface area contributed by atoms with Crippen LogP contribution in [0.5, 0.6) is 0 Å². The zero-order valence-electron chi connectivity index (χ0n) is 33.6. The Labute approximate surface area is 355 Å². The third kappa shape index (κ3) is 10.3. The van der Waals surface area contributed by atoms with Gasteiger partial charge in [0.25, 0.3) is 0 Å². The molecule has 0 spiro atoms. The van der Waals surface area contributed by atoms with Gasteiger partial charge in [0.2, 0.25) is 5.79 Å². The number of halogens is 1. The summed E-state index contributed by atoms with van der Waals surface area (Å²) in [6.45, 7) is 3.28. The van der Waals surface area contributed by atoms with Crippen molar-refractivity contribution in [1.29, 1.82) is 0 Å². The van der Waals surface area contributed by atoms with Crippen molar-refractivity contribution in [3.8, 4) is 10.4 Å². The first-order valence-electron chi connectivity index (χ1n) is 20.3. The quantitative estimate of drug-likeness (QED) is 0.0987. The summed E-state index contributed by atoms with van der Waals surface area (Å²) in [5.41, 5.74) is 7.53. The van der Waals surface area contributed by atoms with Crippen LogP contribution >= 0.6 is 11.3 Å². The van der Waals surface area contributed by atoms with Crippen LogP contribution in [0.3, 0.4) is 0 Å². The summed E-state index contributed by atoms with van der Waals surface area (Å²) in [5, 5.41) is 13.3. The molecular formula is C52H49FO6S. The lowest BCUT2D eigenvalue weighted by atomic mass is 9.86. The van der Waals surface area contributed by atoms with Crippen molar-refractivity contribution in [2.75, 3.05) is 6.61 Å². The maximum atomic E-state index is 13.7. The molecule has 60 heavy (non-hydrogen) atoms. The number of rotatable bonds is 17. The highest BCUT2D eigenvalue weighted by molar-refractivity contribution is 7.15. The first-order chi connectivity index (χ1) is 29.4. The molecule has 2 heterocycles. The number of thiophene rings is 1. The Balaban J connectivity index is 1.17. The van der Waals surface area contributed by atoms with Gasteiger partial charge in [-0.3, -0.25) is 0 Å². The van der Waals surface area contributed by atoms with E-state index in [1.807, 2.05) is 140 Å². The highest BCUT2D eigenvalue weighted by Gasteiger charge is 2.57. The van der Waals surface area contributed by atoms with E-state index in [1.165, 1.54) is 12.1 Å². The van der Waals surface area contributed by atoms with Crippen LogP contribution in [0.15, 0.2) is 176 Å². The van der Waals surface area contributed by atoms with E-state index in [9.17, 15) is 9.50 Å². The molecule has 1 saturated heterocycles. The van der Waals surface area contributed by atoms with E-state index >= 15 is 0 Å². The van der Waals surface area contributed by atoms with Gasteiger partial charge in [0.15, 0.2) is 0 Å². The van der Waals surface area contributed by atoms with Gasteiger partial charge >= 0.3 is 0 Å². The Kier molecular flexibility index (Phi) is 13.7. The highest BCUT2D eigenvalue weighted by Crippen LogP contribution is 2.43. The molecule has 1 aliphatic rings. The van der Waals surface area contributed by atoms with Crippen molar-refractivity contribution >= 4 is 11.3 Å². The van der Waals surface area contributed by atoms with E-state index in [4.69, 9.17) is 23.7 Å². The second kappa shape index (κ2) is 19.8. The average molecular weight is 821 g/mol. The largest absolute Gasteiger partial charge is 0.374 e. The molecule has 8 rings (SSSR count). The Bertz CT molecular complexity index is 2380. The SMILES string of the molecule is Cc1ccc([C@]2(O)O[C@H](COCc3ccccc3)[C@@H](OCc3ccccc3)[C@H](OCc3ccccc3)[C@H]2OCc2ccccc2)cc1Cc1ccc(-c2ccc(F)cc2)s1. The van der Waals surface area contributed by atoms with E-state index in [0.717, 1.165) is 48.7 Å². The third-order valence-electron chi connectivity index (χ3n) is 10.9. The fourth-order valence-electron chi connectivity index (χ4n) is 7.60. The van der Waals surface area contributed by atoms with Crippen LogP contribution in [0, 0.1) is 12.7 Å². The number of hydrogen-bond acceptors (Lipinski definition) is 7. The standard InChI is InChI=1S/C52H49FO6S/c1-37-22-25-44(30-43(37)31-46-28-29-48(60-46)42-23-26-45(53)27-24-42)52(54)51(58-35-41-20-12-5-13-21-41)50(57-34-40-18-10-4-11-19-40)49(56-33-39-16-8-3-9-17-39)47(59-52)36-55-32-38-14-6-2-7-15-38/h2-30,47,49-51,54H,31-36H2,1H3/t47-,49-,50+,51-,52+/m1/s1. The van der Waals surface area contributed by atoms with E-state index < -0.39 is 30.2 Å². The first-order valence-corrected chi connectivity index (χ1v) is 21.2. The summed E-state index contributed by atoms with van der Waals surface area (Å²) in [5.74, 6) is -2.25. The Morgan fingerprint density at radius 3 is 1.72 bits per heavy atom. The summed E-state index contributed by atoms with van der Waals surface area (Å²) in [6, 6.07) is 56.5. The van der Waals surface area contributed by atoms with E-state index in [0.29, 0.717) is 18.6 Å². The molecule has 8 heteroatoms. The van der Waals surface area contributed by atoms with Crippen LogP contribution in [0.1, 0.15) is 43.8 Å². The smallest absolute Gasteiger partial charge is 0.222 e. The third-order valence-corrected chi connectivity index (χ3v) is 12.0. The van der Waals surface area contributed by atoms with Gasteiger partial charge in [-0.15, -0.1) is 11.3 Å². The van der Waals surface area contributed by atoms with Gasteiger partial charge in [0, 0.05) is 21.7 Å². The Morgan fingerprint density at radius 2 is 1.13 bits per heavy atom. The molecule has 1 aliphatic heterocycles. The number of benzene rings is 6. The Hall–Kier alpha value is -5.29. The van der Waals surface area contributed by atoms with Gasteiger partial charge in [0.05, 0.1) is 33.0 Å². The topological polar surface area (TPSA) is 66.4 Å². The number of ether oxygens (including phenoxy) is 5. The molecule has 1 N–H and O–H groups in total. The maximum absolute atomic E-state index is 13.7. The zero-order valence-corrected chi connectivity index (χ0v) is 34.4. The number of aryl methyl sites for hydroxylation is 1. The number of hydrogen-bond donors (Lipinski definition) is 1. The molecule has 0 radical (unpaired) electrons. The van der Waals surface area contributed by atoms with Crippen molar-refractivity contribution in [2.45, 2.75) is 70.0 Å². The maximum Gasteiger partial charge on any atom is 0.222 e. The lowest BCUT2D eigenvalue weighted by Crippen LogP contribution is -2.65. The van der Waals surface area contributed by atoms with Crippen LogP contribution in [0.4, 0.5) is 4.39 Å². The van der Waals surface area contributed by atoms with Crippen LogP contribution in [0.25, 0.3) is 10.4 Å². The van der Waals surface area contributed by atoms with Gasteiger partial charge in [-0.1, -0.05) is 146 Å². The first kappa shape index (κ1) is 41.4. The molecule has 306 valence electrons.